The zero-order valence-corrected chi connectivity index (χ0v) is 14.6. The van der Waals surface area contributed by atoms with Crippen molar-refractivity contribution >= 4 is 23.2 Å². The highest BCUT2D eigenvalue weighted by Crippen LogP contribution is 2.35. The van der Waals surface area contributed by atoms with Gasteiger partial charge in [-0.3, -0.25) is 4.79 Å². The maximum Gasteiger partial charge on any atom is 0.266 e. The molecule has 3 rings (SSSR count). The Balaban J connectivity index is 2.16. The van der Waals surface area contributed by atoms with Gasteiger partial charge in [0.25, 0.3) is 5.56 Å². The summed E-state index contributed by atoms with van der Waals surface area (Å²) < 4.78 is 0. The van der Waals surface area contributed by atoms with Crippen LogP contribution in [-0.2, 0) is 0 Å². The van der Waals surface area contributed by atoms with Crippen LogP contribution in [0.5, 0.6) is 5.75 Å². The van der Waals surface area contributed by atoms with E-state index >= 15 is 0 Å². The molecule has 0 fully saturated rings. The van der Waals surface area contributed by atoms with E-state index in [0.717, 1.165) is 5.56 Å². The molecule has 0 unspecified atom stereocenters. The van der Waals surface area contributed by atoms with Crippen molar-refractivity contribution in [1.29, 1.82) is 5.26 Å². The van der Waals surface area contributed by atoms with E-state index in [0.29, 0.717) is 32.4 Å². The van der Waals surface area contributed by atoms with Crippen LogP contribution in [0.4, 0.5) is 0 Å². The number of phenols is 1. The molecule has 4 nitrogen and oxygen atoms in total. The van der Waals surface area contributed by atoms with Crippen LogP contribution in [0.15, 0.2) is 47.3 Å². The normalized spacial score (nSPS) is 10.5. The van der Waals surface area contributed by atoms with E-state index in [2.05, 4.69) is 4.98 Å². The van der Waals surface area contributed by atoms with Gasteiger partial charge in [0.05, 0.1) is 0 Å². The molecule has 0 amide bonds. The number of H-pyrrole nitrogens is 1. The van der Waals surface area contributed by atoms with Crippen molar-refractivity contribution in [1.82, 2.24) is 4.98 Å². The number of hydrogen-bond acceptors (Lipinski definition) is 3. The lowest BCUT2D eigenvalue weighted by Gasteiger charge is -2.10. The van der Waals surface area contributed by atoms with E-state index in [-0.39, 0.29) is 11.3 Å². The molecular weight excluding hydrogens is 359 g/mol. The fraction of sp³-hybridized carbons (Fsp3) is 0.0526. The van der Waals surface area contributed by atoms with Crippen LogP contribution in [0.1, 0.15) is 11.3 Å². The smallest absolute Gasteiger partial charge is 0.266 e. The molecule has 124 valence electrons. The predicted octanol–water partition coefficient (Wildman–Crippen LogP) is 4.90. The minimum absolute atomic E-state index is 0.0422. The van der Waals surface area contributed by atoms with Gasteiger partial charge in [0.15, 0.2) is 0 Å². The molecule has 0 saturated heterocycles. The van der Waals surface area contributed by atoms with Crippen molar-refractivity contribution in [2.24, 2.45) is 0 Å². The average Bonchev–Trinajstić information content (AvgIpc) is 2.53. The van der Waals surface area contributed by atoms with Crippen LogP contribution in [-0.4, -0.2) is 10.1 Å². The molecule has 0 saturated carbocycles. The number of nitriles is 1. The number of aromatic amines is 1. The zero-order valence-electron chi connectivity index (χ0n) is 13.1. The van der Waals surface area contributed by atoms with E-state index < -0.39 is 5.56 Å². The molecule has 1 heterocycles. The standard InChI is InChI=1S/C19H12Cl2N2O2/c1-10-4-16(17(9-22)19(25)23-10)15-3-2-11(7-18(15)24)12-5-13(20)8-14(21)6-12/h2-8,24H,1H3,(H,23,25). The Morgan fingerprint density at radius 1 is 1.00 bits per heavy atom. The number of benzene rings is 2. The number of phenolic OH excluding ortho intramolecular Hbond substituents is 1. The maximum atomic E-state index is 12.0. The van der Waals surface area contributed by atoms with Gasteiger partial charge in [-0.05, 0) is 54.4 Å². The highest BCUT2D eigenvalue weighted by molar-refractivity contribution is 6.35. The van der Waals surface area contributed by atoms with Gasteiger partial charge in [-0.15, -0.1) is 0 Å². The van der Waals surface area contributed by atoms with E-state index in [1.165, 1.54) is 0 Å². The number of halogens is 2. The minimum Gasteiger partial charge on any atom is -0.507 e. The van der Waals surface area contributed by atoms with Gasteiger partial charge in [0.2, 0.25) is 0 Å². The summed E-state index contributed by atoms with van der Waals surface area (Å²) in [6.45, 7) is 1.71. The van der Waals surface area contributed by atoms with Gasteiger partial charge >= 0.3 is 0 Å². The second kappa shape index (κ2) is 6.64. The van der Waals surface area contributed by atoms with Crippen LogP contribution in [0.25, 0.3) is 22.3 Å². The Morgan fingerprint density at radius 3 is 2.28 bits per heavy atom. The Morgan fingerprint density at radius 2 is 1.68 bits per heavy atom. The third kappa shape index (κ3) is 3.39. The van der Waals surface area contributed by atoms with Gasteiger partial charge in [0.1, 0.15) is 17.4 Å². The third-order valence-electron chi connectivity index (χ3n) is 3.76. The minimum atomic E-state index is -0.484. The number of aromatic nitrogens is 1. The Kier molecular flexibility index (Phi) is 4.54. The zero-order chi connectivity index (χ0) is 18.1. The number of pyridine rings is 1. The quantitative estimate of drug-likeness (QED) is 0.673. The first kappa shape index (κ1) is 17.1. The summed E-state index contributed by atoms with van der Waals surface area (Å²) in [6.07, 6.45) is 0. The lowest BCUT2D eigenvalue weighted by atomic mass is 9.96. The highest BCUT2D eigenvalue weighted by Gasteiger charge is 2.14. The first-order valence-electron chi connectivity index (χ1n) is 7.33. The second-order valence-electron chi connectivity index (χ2n) is 5.57. The molecule has 25 heavy (non-hydrogen) atoms. The fourth-order valence-electron chi connectivity index (χ4n) is 2.67. The summed E-state index contributed by atoms with van der Waals surface area (Å²) in [5.74, 6) is -0.0462. The fourth-order valence-corrected chi connectivity index (χ4v) is 3.20. The van der Waals surface area contributed by atoms with Crippen molar-refractivity contribution in [3.05, 3.63) is 74.1 Å². The van der Waals surface area contributed by atoms with Crippen LogP contribution in [0, 0.1) is 18.3 Å². The summed E-state index contributed by atoms with van der Waals surface area (Å²) in [5.41, 5.74) is 2.33. The first-order chi connectivity index (χ1) is 11.9. The van der Waals surface area contributed by atoms with Gasteiger partial charge in [0, 0.05) is 26.9 Å². The molecule has 0 aliphatic rings. The summed E-state index contributed by atoms with van der Waals surface area (Å²) >= 11 is 12.0. The van der Waals surface area contributed by atoms with Crippen molar-refractivity contribution in [2.45, 2.75) is 6.92 Å². The number of nitrogens with one attached hydrogen (secondary N) is 1. The van der Waals surface area contributed by atoms with Crippen molar-refractivity contribution in [3.8, 4) is 34.1 Å². The Hall–Kier alpha value is -2.74. The van der Waals surface area contributed by atoms with E-state index in [9.17, 15) is 15.2 Å². The van der Waals surface area contributed by atoms with Gasteiger partial charge in [-0.25, -0.2) is 0 Å². The summed E-state index contributed by atoms with van der Waals surface area (Å²) in [6, 6.07) is 13.6. The van der Waals surface area contributed by atoms with Gasteiger partial charge < -0.3 is 10.1 Å². The molecule has 0 bridgehead atoms. The molecule has 2 aromatic carbocycles. The Bertz CT molecular complexity index is 1060. The highest BCUT2D eigenvalue weighted by atomic mass is 35.5. The van der Waals surface area contributed by atoms with Crippen LogP contribution in [0.2, 0.25) is 10.0 Å². The molecular formula is C19H12Cl2N2O2. The second-order valence-corrected chi connectivity index (χ2v) is 6.44. The predicted molar refractivity (Wildman–Crippen MR) is 99.1 cm³/mol. The summed E-state index contributed by atoms with van der Waals surface area (Å²) in [7, 11) is 0. The topological polar surface area (TPSA) is 76.9 Å². The molecule has 0 atom stereocenters. The van der Waals surface area contributed by atoms with E-state index in [1.54, 1.807) is 49.4 Å². The molecule has 0 aliphatic carbocycles. The first-order valence-corrected chi connectivity index (χ1v) is 8.08. The molecule has 0 aliphatic heterocycles. The van der Waals surface area contributed by atoms with Crippen molar-refractivity contribution < 1.29 is 5.11 Å². The van der Waals surface area contributed by atoms with Crippen LogP contribution < -0.4 is 5.56 Å². The van der Waals surface area contributed by atoms with Gasteiger partial charge in [-0.2, -0.15) is 5.26 Å². The summed E-state index contributed by atoms with van der Waals surface area (Å²) in [4.78, 5) is 14.5. The summed E-state index contributed by atoms with van der Waals surface area (Å²) in [5, 5.41) is 20.7. The van der Waals surface area contributed by atoms with Crippen molar-refractivity contribution in [3.63, 3.8) is 0 Å². The SMILES string of the molecule is Cc1cc(-c2ccc(-c3cc(Cl)cc(Cl)c3)cc2O)c(C#N)c(=O)[nH]1. The van der Waals surface area contributed by atoms with E-state index in [4.69, 9.17) is 23.2 Å². The monoisotopic (exact) mass is 370 g/mol. The Labute approximate surface area is 153 Å². The molecule has 3 aromatic rings. The van der Waals surface area contributed by atoms with Crippen LogP contribution >= 0.6 is 23.2 Å². The number of aryl methyl sites for hydroxylation is 1. The lowest BCUT2D eigenvalue weighted by molar-refractivity contribution is 0.477. The molecule has 1 aromatic heterocycles. The van der Waals surface area contributed by atoms with Crippen LogP contribution in [0.3, 0.4) is 0 Å². The molecule has 2 N–H and O–H groups in total. The number of aromatic hydroxyl groups is 1. The third-order valence-corrected chi connectivity index (χ3v) is 4.20. The number of rotatable bonds is 2. The number of hydrogen-bond donors (Lipinski definition) is 2. The molecule has 0 spiro atoms. The molecule has 6 heteroatoms. The van der Waals surface area contributed by atoms with Crippen molar-refractivity contribution in [2.75, 3.05) is 0 Å². The van der Waals surface area contributed by atoms with Gasteiger partial charge in [-0.1, -0.05) is 29.3 Å². The van der Waals surface area contributed by atoms with E-state index in [1.807, 2.05) is 6.07 Å². The maximum absolute atomic E-state index is 12.0. The molecule has 0 radical (unpaired) electrons. The largest absolute Gasteiger partial charge is 0.507 e. The lowest BCUT2D eigenvalue weighted by Crippen LogP contribution is -2.12. The average molecular weight is 371 g/mol. The number of nitrogens with zero attached hydrogens (tertiary/aromatic N) is 1.